The third-order valence-electron chi connectivity index (χ3n) is 14.5. The van der Waals surface area contributed by atoms with Gasteiger partial charge in [-0.3, -0.25) is 42.8 Å². The predicted octanol–water partition coefficient (Wildman–Crippen LogP) is 7.51. The van der Waals surface area contributed by atoms with Crippen LogP contribution >= 0.6 is 16.1 Å². The molecule has 0 spiro atoms. The number of rotatable bonds is 21. The van der Waals surface area contributed by atoms with E-state index in [1.54, 1.807) is 48.7 Å². The van der Waals surface area contributed by atoms with Crippen LogP contribution in [0.25, 0.3) is 22.3 Å². The number of benzene rings is 1. The number of phosphoric ester groups is 1. The molecular formula is C47H68N11O14P2Si2+. The van der Waals surface area contributed by atoms with Crippen molar-refractivity contribution < 1.29 is 60.4 Å². The number of aliphatic hydroxyl groups is 1. The van der Waals surface area contributed by atoms with Crippen molar-refractivity contribution >= 4 is 78.6 Å². The van der Waals surface area contributed by atoms with Crippen LogP contribution in [0.15, 0.2) is 54.1 Å². The third kappa shape index (κ3) is 12.8. The summed E-state index contributed by atoms with van der Waals surface area (Å²) in [5, 5.41) is 25.2. The standard InChI is InChI=1S/C47H67N11O14P2Si2/c1-27(2)41(60)55-45-54-40-33(43(62)56-45)52-26-58(40)44-37(36(31(22-59)68-44)72-76(11,12)47(6,7)8)70-74(65,66-20-16-19-48)67-23-29-21-30(35(34(29)69-73(63)64)71-75(9,10)46(3,4)5)57-25-51-32-38(49-24-50-39(32)57)53-42(61)28-17-14-13-15-18-28/h13-15,17-18,24-27,29-31,34-37,44,59H,16,20-23H2,1-12H3,(H3-,49,50,53,54,55,56,60,61,62,63,64)/p+1/t29-,30-,31-,34-,35+,36-,37-,44-,74?/m1/s1. The lowest BCUT2D eigenvalue weighted by Gasteiger charge is -2.40. The molecule has 0 bridgehead atoms. The molecule has 5 heterocycles. The number of H-pyrrole nitrogens is 1. The van der Waals surface area contributed by atoms with Gasteiger partial charge >= 0.3 is 16.1 Å². The summed E-state index contributed by atoms with van der Waals surface area (Å²) >= 11 is 0. The number of hydrogen-bond acceptors (Lipinski definition) is 19. The number of fused-ring (bicyclic) bond motifs is 2. The maximum absolute atomic E-state index is 15.5. The Hall–Kier alpha value is -5.05. The Morgan fingerprint density at radius 2 is 1.57 bits per heavy atom. The smallest absolute Gasteiger partial charge is 0.409 e. The Morgan fingerprint density at radius 3 is 2.18 bits per heavy atom. The van der Waals surface area contributed by atoms with E-state index in [4.69, 9.17) is 31.7 Å². The maximum Gasteiger partial charge on any atom is 0.695 e. The lowest BCUT2D eigenvalue weighted by molar-refractivity contribution is -0.118. The van der Waals surface area contributed by atoms with Crippen LogP contribution in [0, 0.1) is 23.2 Å². The number of aromatic nitrogens is 8. The van der Waals surface area contributed by atoms with Crippen molar-refractivity contribution in [3.8, 4) is 6.07 Å². The van der Waals surface area contributed by atoms with Gasteiger partial charge < -0.3 is 28.6 Å². The largest absolute Gasteiger partial charge is 0.695 e. The average Bonchev–Trinajstić information content (AvgIpc) is 4.12. The molecule has 5 N–H and O–H groups in total. The Bertz CT molecular complexity index is 3070. The Balaban J connectivity index is 1.29. The first-order valence-corrected chi connectivity index (χ1v) is 33.2. The summed E-state index contributed by atoms with van der Waals surface area (Å²) in [6.07, 6.45) is -3.52. The number of carbonyl (C=O) groups excluding carboxylic acids is 2. The van der Waals surface area contributed by atoms with Gasteiger partial charge in [-0.2, -0.15) is 10.2 Å². The molecule has 10 atom stereocenters. The molecule has 7 rings (SSSR count). The maximum atomic E-state index is 15.5. The summed E-state index contributed by atoms with van der Waals surface area (Å²) in [5.41, 5.74) is 0.0219. The van der Waals surface area contributed by atoms with E-state index in [9.17, 15) is 34.2 Å². The molecule has 4 aromatic heterocycles. The van der Waals surface area contributed by atoms with Crippen LogP contribution in [-0.2, 0) is 45.6 Å². The summed E-state index contributed by atoms with van der Waals surface area (Å²) < 4.78 is 76.6. The predicted molar refractivity (Wildman–Crippen MR) is 283 cm³/mol. The van der Waals surface area contributed by atoms with Crippen LogP contribution in [0.2, 0.25) is 36.3 Å². The highest BCUT2D eigenvalue weighted by Crippen LogP contribution is 2.57. The minimum Gasteiger partial charge on any atom is -0.409 e. The molecule has 412 valence electrons. The van der Waals surface area contributed by atoms with Gasteiger partial charge in [0.1, 0.15) is 30.7 Å². The van der Waals surface area contributed by atoms with Crippen LogP contribution < -0.4 is 16.2 Å². The van der Waals surface area contributed by atoms with Crippen LogP contribution in [0.4, 0.5) is 11.8 Å². The van der Waals surface area contributed by atoms with Crippen LogP contribution in [-0.4, -0.2) is 128 Å². The normalized spacial score (nSPS) is 23.5. The SMILES string of the molecule is CC(C)C(=O)Nc1nc2c(ncn2[C@@H]2O[C@H](CO)[C@@H](O[Si](C)(C)C(C)(C)C)[C@H]2OP(=O)(OCCC#N)OC[C@H]2C[C@@H](n3cnc4c(NC(=O)c5ccccc5)ncnc43)[C@H](O[Si](C)(C)C(C)(C)C)[C@@H]2O[P+](=O)O)c(=O)[nH]1. The Kier molecular flexibility index (Phi) is 17.8. The molecule has 1 aromatic carbocycles. The number of hydrogen-bond donors (Lipinski definition) is 5. The van der Waals surface area contributed by atoms with E-state index in [1.165, 1.54) is 23.5 Å². The number of imidazole rings is 2. The number of ether oxygens (including phenoxy) is 1. The molecule has 25 nitrogen and oxygen atoms in total. The van der Waals surface area contributed by atoms with Crippen LogP contribution in [0.1, 0.15) is 90.9 Å². The summed E-state index contributed by atoms with van der Waals surface area (Å²) in [5.74, 6) is -2.28. The summed E-state index contributed by atoms with van der Waals surface area (Å²) in [7, 11) is -13.8. The molecule has 76 heavy (non-hydrogen) atoms. The highest BCUT2D eigenvalue weighted by atomic mass is 31.2. The highest BCUT2D eigenvalue weighted by Gasteiger charge is 2.57. The van der Waals surface area contributed by atoms with E-state index in [0.717, 1.165) is 0 Å². The second-order valence-corrected chi connectivity index (χ2v) is 33.9. The fourth-order valence-electron chi connectivity index (χ4n) is 8.29. The van der Waals surface area contributed by atoms with Gasteiger partial charge in [0.15, 0.2) is 51.0 Å². The molecule has 29 heteroatoms. The molecule has 5 aromatic rings. The number of amides is 2. The highest BCUT2D eigenvalue weighted by molar-refractivity contribution is 7.48. The van der Waals surface area contributed by atoms with Gasteiger partial charge in [-0.1, -0.05) is 73.6 Å². The Morgan fingerprint density at radius 1 is 0.921 bits per heavy atom. The van der Waals surface area contributed by atoms with Crippen molar-refractivity contribution in [1.82, 2.24) is 39.0 Å². The zero-order valence-corrected chi connectivity index (χ0v) is 48.4. The van der Waals surface area contributed by atoms with Gasteiger partial charge in [0.05, 0.1) is 57.1 Å². The van der Waals surface area contributed by atoms with Crippen LogP contribution in [0.5, 0.6) is 0 Å². The number of nitrogens with one attached hydrogen (secondary N) is 3. The lowest BCUT2D eigenvalue weighted by Crippen LogP contribution is -2.50. The lowest BCUT2D eigenvalue weighted by atomic mass is 10.1. The molecule has 1 aliphatic carbocycles. The van der Waals surface area contributed by atoms with Gasteiger partial charge in [-0.25, -0.2) is 24.5 Å². The molecule has 1 aliphatic heterocycles. The number of phosphoric acid groups is 1. The second-order valence-electron chi connectivity index (χ2n) is 22.1. The number of carbonyl (C=O) groups is 2. The number of nitriles is 1. The quantitative estimate of drug-likeness (QED) is 0.0269. The van der Waals surface area contributed by atoms with Gasteiger partial charge in [-0.15, -0.1) is 9.42 Å². The average molecular weight is 1130 g/mol. The number of nitrogens with zero attached hydrogens (tertiary/aromatic N) is 8. The van der Waals surface area contributed by atoms with Crippen molar-refractivity contribution in [2.24, 2.45) is 11.8 Å². The monoisotopic (exact) mass is 1130 g/mol. The summed E-state index contributed by atoms with van der Waals surface area (Å²) in [4.78, 5) is 74.7. The summed E-state index contributed by atoms with van der Waals surface area (Å²) in [6.45, 7) is 21.8. The van der Waals surface area contributed by atoms with Crippen molar-refractivity contribution in [2.45, 2.75) is 147 Å². The molecule has 2 unspecified atom stereocenters. The van der Waals surface area contributed by atoms with E-state index in [-0.39, 0.29) is 46.3 Å². The zero-order valence-electron chi connectivity index (χ0n) is 44.6. The first-order chi connectivity index (χ1) is 35.6. The second kappa shape index (κ2) is 23.1. The van der Waals surface area contributed by atoms with Crippen molar-refractivity contribution in [3.63, 3.8) is 0 Å². The van der Waals surface area contributed by atoms with Crippen molar-refractivity contribution in [3.05, 3.63) is 65.2 Å². The zero-order chi connectivity index (χ0) is 55.7. The van der Waals surface area contributed by atoms with Gasteiger partial charge in [0.2, 0.25) is 11.9 Å². The van der Waals surface area contributed by atoms with E-state index < -0.39 is 130 Å². The van der Waals surface area contributed by atoms with E-state index in [0.29, 0.717) is 11.2 Å². The molecule has 2 amide bonds. The molecule has 0 radical (unpaired) electrons. The van der Waals surface area contributed by atoms with E-state index in [2.05, 4.69) is 40.5 Å². The molecule has 1 saturated carbocycles. The van der Waals surface area contributed by atoms with Gasteiger partial charge in [0.25, 0.3) is 11.5 Å². The number of aliphatic hydroxyl groups excluding tert-OH is 1. The van der Waals surface area contributed by atoms with Gasteiger partial charge in [0, 0.05) is 22.0 Å². The minimum atomic E-state index is -4.95. The minimum absolute atomic E-state index is 0.0712. The van der Waals surface area contributed by atoms with Gasteiger partial charge in [-0.05, 0) is 54.8 Å². The first kappa shape index (κ1) is 58.6. The first-order valence-electron chi connectivity index (χ1n) is 24.8. The van der Waals surface area contributed by atoms with Crippen molar-refractivity contribution in [1.29, 1.82) is 5.26 Å². The Labute approximate surface area is 442 Å². The third-order valence-corrected chi connectivity index (χ3v) is 25.3. The molecule has 2 aliphatic rings. The van der Waals surface area contributed by atoms with E-state index >= 15 is 4.57 Å². The molecule has 2 fully saturated rings. The topological polar surface area (TPSA) is 328 Å². The fourth-order valence-corrected chi connectivity index (χ4v) is 12.8. The molecular weight excluding hydrogens is 1060 g/mol. The van der Waals surface area contributed by atoms with Crippen LogP contribution in [0.3, 0.4) is 0 Å². The number of aromatic amines is 1. The van der Waals surface area contributed by atoms with Crippen molar-refractivity contribution in [2.75, 3.05) is 30.5 Å². The number of anilines is 2. The molecule has 1 saturated heterocycles. The summed E-state index contributed by atoms with van der Waals surface area (Å²) in [6, 6.07) is 9.79. The van der Waals surface area contributed by atoms with E-state index in [1.807, 2.05) is 73.8 Å². The fraction of sp³-hybridized carbons (Fsp3) is 0.596.